The molecular weight excluding hydrogens is 953 g/mol. The van der Waals surface area contributed by atoms with Gasteiger partial charge in [-0.2, -0.15) is 10.2 Å². The Hall–Kier alpha value is -7.35. The van der Waals surface area contributed by atoms with Gasteiger partial charge in [0.2, 0.25) is 23.7 Å². The number of aromatic nitrogens is 4. The molecule has 4 fully saturated rings. The van der Waals surface area contributed by atoms with Crippen LogP contribution in [0.15, 0.2) is 95.4 Å². The Kier molecular flexibility index (Phi) is 17.0. The van der Waals surface area contributed by atoms with E-state index in [1.807, 2.05) is 98.8 Å². The molecule has 2 aromatic carbocycles. The fraction of sp³-hybridized carbons (Fsp3) is 0.509. The molecule has 10 rings (SSSR count). The lowest BCUT2D eigenvalue weighted by atomic mass is 9.94. The third-order valence-electron chi connectivity index (χ3n) is 14.6. The molecule has 396 valence electrons. The number of anilines is 2. The first kappa shape index (κ1) is 52.5. The summed E-state index contributed by atoms with van der Waals surface area (Å²) >= 11 is 0. The van der Waals surface area contributed by atoms with E-state index in [0.29, 0.717) is 101 Å². The van der Waals surface area contributed by atoms with Crippen LogP contribution in [0.5, 0.6) is 0 Å². The van der Waals surface area contributed by atoms with Gasteiger partial charge in [0.05, 0.1) is 12.1 Å². The van der Waals surface area contributed by atoms with Crippen LogP contribution in [0.4, 0.5) is 16.7 Å². The van der Waals surface area contributed by atoms with Crippen LogP contribution in [0.25, 0.3) is 0 Å². The molecule has 75 heavy (non-hydrogen) atoms. The standard InChI is InChI=1S/C30H39N7O4.C25H31N7O2/c1-30(2,3)41-29(40)36-19-13-23(14-20-36)33-26(38)24-9-15-31-28(34-24)35-17-11-22(12-18-35)27(39)37-25(10-16-32-37)21-7-5-4-6-8-21;33-23(29-20-6-12-26-13-7-20)21-8-14-27-25(30-21)31-16-10-19(11-17-31)24(34)32-22(9-15-28-32)18-4-2-1-3-5-18/h4-9,15-16,22-23,25H,10-14,17-20H2,1-3H3,(H,33,38);1-5,8,14-15,19-20,22,26H,6-7,9-13,16-17H2,(H,29,33)/t25-;22-/m00/s1. The SMILES string of the molecule is CC(C)(C)OC(=O)N1CCC(NC(=O)c2ccnc(N3CCC(C(=O)N4N=CC[C@H]4c4ccccc4)CC3)n2)CC1.O=C(NC1CCNCC1)c1ccnc(N2CCC(C(=O)N3N=CC[C@H]3c3ccccc3)CC2)n1. The molecule has 0 unspecified atom stereocenters. The van der Waals surface area contributed by atoms with Gasteiger partial charge in [0.1, 0.15) is 17.0 Å². The Labute approximate surface area is 438 Å². The van der Waals surface area contributed by atoms with E-state index in [1.165, 1.54) is 0 Å². The van der Waals surface area contributed by atoms with Gasteiger partial charge in [0, 0.05) is 101 Å². The lowest BCUT2D eigenvalue weighted by Gasteiger charge is -2.34. The van der Waals surface area contributed by atoms with Gasteiger partial charge in [0.15, 0.2) is 0 Å². The van der Waals surface area contributed by atoms with Crippen molar-refractivity contribution in [3.05, 3.63) is 108 Å². The van der Waals surface area contributed by atoms with Gasteiger partial charge in [-0.15, -0.1) is 0 Å². The lowest BCUT2D eigenvalue weighted by molar-refractivity contribution is -0.138. The Morgan fingerprint density at radius 3 is 1.41 bits per heavy atom. The van der Waals surface area contributed by atoms with Crippen LogP contribution >= 0.6 is 0 Å². The second-order valence-electron chi connectivity index (χ2n) is 21.0. The average molecular weight is 1020 g/mol. The number of benzene rings is 2. The first-order valence-electron chi connectivity index (χ1n) is 26.6. The second kappa shape index (κ2) is 24.3. The molecule has 6 aliphatic rings. The highest BCUT2D eigenvalue weighted by Gasteiger charge is 2.37. The summed E-state index contributed by atoms with van der Waals surface area (Å²) in [6, 6.07) is 23.4. The average Bonchev–Trinajstić information content (AvgIpc) is 4.16. The number of carbonyl (C=O) groups is 5. The molecule has 0 bridgehead atoms. The van der Waals surface area contributed by atoms with Crippen molar-refractivity contribution in [1.29, 1.82) is 0 Å². The van der Waals surface area contributed by atoms with E-state index in [9.17, 15) is 24.0 Å². The first-order chi connectivity index (χ1) is 36.4. The highest BCUT2D eigenvalue weighted by atomic mass is 16.6. The number of nitrogens with one attached hydrogen (secondary N) is 3. The summed E-state index contributed by atoms with van der Waals surface area (Å²) in [5, 5.41) is 21.6. The Morgan fingerprint density at radius 1 is 0.560 bits per heavy atom. The molecule has 0 aliphatic carbocycles. The number of hydrogen-bond donors (Lipinski definition) is 3. The van der Waals surface area contributed by atoms with Gasteiger partial charge in [-0.25, -0.2) is 34.7 Å². The number of hydrazone groups is 2. The van der Waals surface area contributed by atoms with Crippen molar-refractivity contribution in [3.63, 3.8) is 0 Å². The van der Waals surface area contributed by atoms with E-state index >= 15 is 0 Å². The van der Waals surface area contributed by atoms with Crippen molar-refractivity contribution >= 4 is 54.0 Å². The summed E-state index contributed by atoms with van der Waals surface area (Å²) in [4.78, 5) is 88.3. The maximum Gasteiger partial charge on any atom is 0.410 e. The zero-order valence-electron chi connectivity index (χ0n) is 43.3. The van der Waals surface area contributed by atoms with Gasteiger partial charge >= 0.3 is 6.09 Å². The van der Waals surface area contributed by atoms with Crippen molar-refractivity contribution in [3.8, 4) is 0 Å². The van der Waals surface area contributed by atoms with Crippen molar-refractivity contribution in [2.75, 3.05) is 62.2 Å². The summed E-state index contributed by atoms with van der Waals surface area (Å²) in [6.45, 7) is 11.0. The third kappa shape index (κ3) is 13.5. The predicted octanol–water partition coefficient (Wildman–Crippen LogP) is 5.92. The van der Waals surface area contributed by atoms with Crippen LogP contribution in [-0.4, -0.2) is 147 Å². The number of hydrogen-bond acceptors (Lipinski definition) is 15. The maximum atomic E-state index is 13.4. The smallest absolute Gasteiger partial charge is 0.410 e. The summed E-state index contributed by atoms with van der Waals surface area (Å²) in [6.07, 6.45) is 13.9. The Morgan fingerprint density at radius 2 is 0.987 bits per heavy atom. The number of ether oxygens (including phenoxy) is 1. The van der Waals surface area contributed by atoms with Gasteiger partial charge in [-0.05, 0) is 108 Å². The fourth-order valence-electron chi connectivity index (χ4n) is 10.5. The van der Waals surface area contributed by atoms with Gasteiger partial charge in [-0.1, -0.05) is 60.7 Å². The Bertz CT molecular complexity index is 2660. The molecule has 20 nitrogen and oxygen atoms in total. The summed E-state index contributed by atoms with van der Waals surface area (Å²) in [5.74, 6) is 0.565. The fourth-order valence-corrected chi connectivity index (χ4v) is 10.5. The number of nitrogens with zero attached hydrogens (tertiary/aromatic N) is 11. The second-order valence-corrected chi connectivity index (χ2v) is 21.0. The summed E-state index contributed by atoms with van der Waals surface area (Å²) in [5.41, 5.74) is 2.36. The maximum absolute atomic E-state index is 13.4. The summed E-state index contributed by atoms with van der Waals surface area (Å²) < 4.78 is 5.45. The molecular formula is C55H70N14O6. The normalized spacial score (nSPS) is 20.9. The molecule has 6 aliphatic heterocycles. The van der Waals surface area contributed by atoms with E-state index in [-0.39, 0.29) is 65.7 Å². The van der Waals surface area contributed by atoms with E-state index in [4.69, 9.17) is 4.74 Å². The van der Waals surface area contributed by atoms with Crippen LogP contribution < -0.4 is 25.8 Å². The number of likely N-dealkylation sites (tertiary alicyclic amines) is 1. The summed E-state index contributed by atoms with van der Waals surface area (Å²) in [7, 11) is 0. The molecule has 3 N–H and O–H groups in total. The number of amides is 5. The van der Waals surface area contributed by atoms with Crippen molar-refractivity contribution in [2.24, 2.45) is 22.0 Å². The van der Waals surface area contributed by atoms with Crippen molar-refractivity contribution in [2.45, 2.75) is 115 Å². The quantitative estimate of drug-likeness (QED) is 0.168. The van der Waals surface area contributed by atoms with Crippen LogP contribution in [-0.2, 0) is 14.3 Å². The molecule has 2 aromatic heterocycles. The van der Waals surface area contributed by atoms with Gasteiger partial charge in [0.25, 0.3) is 11.8 Å². The molecule has 2 atom stereocenters. The predicted molar refractivity (Wildman–Crippen MR) is 284 cm³/mol. The first-order valence-corrected chi connectivity index (χ1v) is 26.6. The topological polar surface area (TPSA) is 223 Å². The minimum atomic E-state index is -0.536. The molecule has 0 spiro atoms. The largest absolute Gasteiger partial charge is 0.444 e. The zero-order valence-corrected chi connectivity index (χ0v) is 43.3. The Balaban J connectivity index is 0.000000187. The monoisotopic (exact) mass is 1020 g/mol. The van der Waals surface area contributed by atoms with Crippen molar-refractivity contribution < 1.29 is 28.7 Å². The minimum absolute atomic E-state index is 0.0230. The molecule has 5 amide bonds. The van der Waals surface area contributed by atoms with Crippen LogP contribution in [0.2, 0.25) is 0 Å². The van der Waals surface area contributed by atoms with E-state index in [2.05, 4.69) is 51.0 Å². The number of piperidine rings is 4. The van der Waals surface area contributed by atoms with Crippen LogP contribution in [0.3, 0.4) is 0 Å². The van der Waals surface area contributed by atoms with E-state index < -0.39 is 5.60 Å². The molecule has 8 heterocycles. The lowest BCUT2D eigenvalue weighted by Crippen LogP contribution is -2.48. The van der Waals surface area contributed by atoms with Gasteiger partial charge in [-0.3, -0.25) is 19.2 Å². The van der Waals surface area contributed by atoms with E-state index in [1.54, 1.807) is 39.4 Å². The molecule has 0 radical (unpaired) electrons. The molecule has 20 heteroatoms. The molecule has 4 aromatic rings. The molecule has 0 saturated carbocycles. The van der Waals surface area contributed by atoms with Crippen molar-refractivity contribution in [1.82, 2.24) is 50.8 Å². The van der Waals surface area contributed by atoms with E-state index in [0.717, 1.165) is 49.9 Å². The van der Waals surface area contributed by atoms with Gasteiger partial charge < -0.3 is 35.4 Å². The number of rotatable bonds is 10. The number of carbonyl (C=O) groups excluding carboxylic acids is 5. The highest BCUT2D eigenvalue weighted by molar-refractivity contribution is 5.93. The zero-order chi connectivity index (χ0) is 52.3. The highest BCUT2D eigenvalue weighted by Crippen LogP contribution is 2.34. The molecule has 4 saturated heterocycles. The third-order valence-corrected chi connectivity index (χ3v) is 14.6. The van der Waals surface area contributed by atoms with Crippen LogP contribution in [0, 0.1) is 11.8 Å². The van der Waals surface area contributed by atoms with Crippen LogP contribution in [0.1, 0.15) is 129 Å². The minimum Gasteiger partial charge on any atom is -0.444 e.